The number of hydrogen-bond donors (Lipinski definition) is 1. The zero-order valence-corrected chi connectivity index (χ0v) is 16.3. The van der Waals surface area contributed by atoms with Crippen LogP contribution in [0.15, 0.2) is 18.3 Å². The highest BCUT2D eigenvalue weighted by Crippen LogP contribution is 2.57. The molecule has 1 saturated heterocycles. The quantitative estimate of drug-likeness (QED) is 0.875. The first kappa shape index (κ1) is 17.0. The minimum atomic E-state index is -0.0606. The van der Waals surface area contributed by atoms with E-state index < -0.39 is 0 Å². The SMILES string of the molecule is Cc1cc2c(cc1Cl)C1(CCN(C)CC1)C[C@@H]2C(C)(C)c1cn[nH]n1. The number of aryl methyl sites for hydroxylation is 1. The molecule has 1 atom stereocenters. The van der Waals surface area contributed by atoms with Gasteiger partial charge in [0.15, 0.2) is 0 Å². The molecule has 2 heterocycles. The summed E-state index contributed by atoms with van der Waals surface area (Å²) in [5.41, 5.74) is 5.37. The van der Waals surface area contributed by atoms with E-state index in [1.54, 1.807) is 0 Å². The molecule has 1 aromatic carbocycles. The van der Waals surface area contributed by atoms with Gasteiger partial charge in [-0.3, -0.25) is 0 Å². The van der Waals surface area contributed by atoms with Crippen molar-refractivity contribution in [2.24, 2.45) is 0 Å². The maximum Gasteiger partial charge on any atom is 0.0886 e. The van der Waals surface area contributed by atoms with Crippen LogP contribution in [0, 0.1) is 6.92 Å². The molecule has 1 N–H and O–H groups in total. The second-order valence-electron chi connectivity index (χ2n) is 8.61. The summed E-state index contributed by atoms with van der Waals surface area (Å²) in [7, 11) is 2.22. The summed E-state index contributed by atoms with van der Waals surface area (Å²) in [4.78, 5) is 2.44. The predicted octanol–water partition coefficient (Wildman–Crippen LogP) is 4.20. The van der Waals surface area contributed by atoms with Gasteiger partial charge < -0.3 is 4.90 Å². The van der Waals surface area contributed by atoms with Gasteiger partial charge in [0.05, 0.1) is 11.9 Å². The molecule has 5 heteroatoms. The first-order chi connectivity index (χ1) is 11.8. The highest BCUT2D eigenvalue weighted by molar-refractivity contribution is 6.31. The van der Waals surface area contributed by atoms with Gasteiger partial charge >= 0.3 is 0 Å². The average Bonchev–Trinajstić information content (AvgIpc) is 3.20. The molecular weight excluding hydrogens is 332 g/mol. The van der Waals surface area contributed by atoms with Gasteiger partial charge in [-0.15, -0.1) is 0 Å². The lowest BCUT2D eigenvalue weighted by Crippen LogP contribution is -2.40. The molecule has 4 nitrogen and oxygen atoms in total. The molecule has 134 valence electrons. The molecule has 0 saturated carbocycles. The molecule has 25 heavy (non-hydrogen) atoms. The van der Waals surface area contributed by atoms with Gasteiger partial charge in [-0.25, -0.2) is 0 Å². The lowest BCUT2D eigenvalue weighted by Gasteiger charge is -2.40. The van der Waals surface area contributed by atoms with Gasteiger partial charge in [-0.05, 0) is 80.4 Å². The number of rotatable bonds is 2. The number of nitrogens with zero attached hydrogens (tertiary/aromatic N) is 3. The summed E-state index contributed by atoms with van der Waals surface area (Å²) in [6.07, 6.45) is 5.47. The number of aromatic nitrogens is 3. The third-order valence-corrected chi connectivity index (χ3v) is 7.17. The third-order valence-electron chi connectivity index (χ3n) is 6.76. The van der Waals surface area contributed by atoms with Crippen LogP contribution in [-0.4, -0.2) is 40.4 Å². The van der Waals surface area contributed by atoms with Crippen molar-refractivity contribution in [3.05, 3.63) is 45.7 Å². The van der Waals surface area contributed by atoms with E-state index in [1.165, 1.54) is 36.0 Å². The van der Waals surface area contributed by atoms with Crippen LogP contribution in [0.2, 0.25) is 5.02 Å². The molecule has 0 amide bonds. The van der Waals surface area contributed by atoms with Crippen LogP contribution >= 0.6 is 11.6 Å². The number of H-pyrrole nitrogens is 1. The Bertz CT molecular complexity index is 773. The maximum absolute atomic E-state index is 6.55. The van der Waals surface area contributed by atoms with Crippen molar-refractivity contribution in [3.8, 4) is 0 Å². The summed E-state index contributed by atoms with van der Waals surface area (Å²) in [5, 5.41) is 12.2. The van der Waals surface area contributed by atoms with Crippen molar-refractivity contribution < 1.29 is 0 Å². The molecule has 0 bridgehead atoms. The van der Waals surface area contributed by atoms with Crippen molar-refractivity contribution in [1.82, 2.24) is 20.3 Å². The van der Waals surface area contributed by atoms with Gasteiger partial charge in [0, 0.05) is 10.4 Å². The Morgan fingerprint density at radius 1 is 1.28 bits per heavy atom. The van der Waals surface area contributed by atoms with Gasteiger partial charge in [0.25, 0.3) is 0 Å². The second kappa shape index (κ2) is 5.82. The first-order valence-corrected chi connectivity index (χ1v) is 9.57. The van der Waals surface area contributed by atoms with Crippen molar-refractivity contribution in [1.29, 1.82) is 0 Å². The second-order valence-corrected chi connectivity index (χ2v) is 9.01. The fourth-order valence-corrected chi connectivity index (χ4v) is 5.08. The minimum absolute atomic E-state index is 0.0606. The Morgan fingerprint density at radius 2 is 2.00 bits per heavy atom. The largest absolute Gasteiger partial charge is 0.306 e. The number of nitrogens with one attached hydrogen (secondary N) is 1. The molecular formula is C20H27ClN4. The predicted molar refractivity (Wildman–Crippen MR) is 101 cm³/mol. The smallest absolute Gasteiger partial charge is 0.0886 e. The summed E-state index contributed by atoms with van der Waals surface area (Å²) in [6, 6.07) is 4.59. The van der Waals surface area contributed by atoms with Crippen molar-refractivity contribution in [2.45, 2.75) is 56.8 Å². The minimum Gasteiger partial charge on any atom is -0.306 e. The van der Waals surface area contributed by atoms with Crippen LogP contribution in [0.25, 0.3) is 0 Å². The van der Waals surface area contributed by atoms with Crippen LogP contribution in [-0.2, 0) is 10.8 Å². The van der Waals surface area contributed by atoms with Gasteiger partial charge in [0.2, 0.25) is 0 Å². The fraction of sp³-hybridized carbons (Fsp3) is 0.600. The van der Waals surface area contributed by atoms with E-state index >= 15 is 0 Å². The Labute approximate surface area is 155 Å². The number of fused-ring (bicyclic) bond motifs is 2. The zero-order valence-electron chi connectivity index (χ0n) is 15.6. The molecule has 4 rings (SSSR count). The van der Waals surface area contributed by atoms with Crippen LogP contribution in [0.1, 0.15) is 61.4 Å². The topological polar surface area (TPSA) is 44.8 Å². The van der Waals surface area contributed by atoms with E-state index in [2.05, 4.69) is 60.3 Å². The lowest BCUT2D eigenvalue weighted by molar-refractivity contribution is 0.174. The number of likely N-dealkylation sites (tertiary alicyclic amines) is 1. The van der Waals surface area contributed by atoms with E-state index in [0.29, 0.717) is 5.92 Å². The molecule has 0 unspecified atom stereocenters. The summed E-state index contributed by atoms with van der Waals surface area (Å²) >= 11 is 6.55. The first-order valence-electron chi connectivity index (χ1n) is 9.19. The fourth-order valence-electron chi connectivity index (χ4n) is 4.92. The van der Waals surface area contributed by atoms with Crippen LogP contribution in [0.5, 0.6) is 0 Å². The van der Waals surface area contributed by atoms with Gasteiger partial charge in [-0.1, -0.05) is 31.5 Å². The van der Waals surface area contributed by atoms with Gasteiger partial charge in [-0.2, -0.15) is 15.4 Å². The van der Waals surface area contributed by atoms with Crippen LogP contribution < -0.4 is 0 Å². The lowest BCUT2D eigenvalue weighted by atomic mass is 9.69. The maximum atomic E-state index is 6.55. The van der Waals surface area contributed by atoms with E-state index in [-0.39, 0.29) is 10.8 Å². The molecule has 1 aromatic heterocycles. The summed E-state index contributed by atoms with van der Waals surface area (Å²) in [6.45, 7) is 9.03. The van der Waals surface area contributed by atoms with Crippen molar-refractivity contribution in [2.75, 3.05) is 20.1 Å². The van der Waals surface area contributed by atoms with Crippen LogP contribution in [0.4, 0.5) is 0 Å². The number of aromatic amines is 1. The standard InChI is InChI=1S/C20H27ClN4/c1-13-9-14-15(10-17(13)21)20(5-7-25(4)8-6-20)11-16(14)19(2,3)18-12-22-24-23-18/h9-10,12,16H,5-8,11H2,1-4H3,(H,22,23,24)/t16-/m0/s1. The number of halogens is 1. The normalized spacial score (nSPS) is 23.2. The monoisotopic (exact) mass is 358 g/mol. The molecule has 1 fully saturated rings. The van der Waals surface area contributed by atoms with E-state index in [0.717, 1.165) is 23.8 Å². The molecule has 2 aromatic rings. The van der Waals surface area contributed by atoms with E-state index in [1.807, 2.05) is 6.20 Å². The molecule has 2 aliphatic rings. The zero-order chi connectivity index (χ0) is 17.8. The summed E-state index contributed by atoms with van der Waals surface area (Å²) < 4.78 is 0. The Morgan fingerprint density at radius 3 is 2.64 bits per heavy atom. The molecule has 1 aliphatic heterocycles. The number of piperidine rings is 1. The van der Waals surface area contributed by atoms with Gasteiger partial charge in [0.1, 0.15) is 0 Å². The third kappa shape index (κ3) is 2.61. The van der Waals surface area contributed by atoms with E-state index in [4.69, 9.17) is 11.6 Å². The van der Waals surface area contributed by atoms with Crippen LogP contribution in [0.3, 0.4) is 0 Å². The Hall–Kier alpha value is -1.39. The Balaban J connectivity index is 1.83. The highest BCUT2D eigenvalue weighted by Gasteiger charge is 2.50. The summed E-state index contributed by atoms with van der Waals surface area (Å²) in [5.74, 6) is 0.437. The van der Waals surface area contributed by atoms with Crippen molar-refractivity contribution in [3.63, 3.8) is 0 Å². The van der Waals surface area contributed by atoms with Crippen molar-refractivity contribution >= 4 is 11.6 Å². The number of hydrogen-bond acceptors (Lipinski definition) is 3. The average molecular weight is 359 g/mol. The number of benzene rings is 1. The molecule has 1 aliphatic carbocycles. The molecule has 1 spiro atoms. The molecule has 0 radical (unpaired) electrons. The van der Waals surface area contributed by atoms with E-state index in [9.17, 15) is 0 Å². The Kier molecular flexibility index (Phi) is 3.97. The highest BCUT2D eigenvalue weighted by atomic mass is 35.5.